The number of aliphatic imine (C=N–C) groups is 1. The molecule has 8 heteroatoms. The first-order chi connectivity index (χ1) is 14.5. The second-order valence-corrected chi connectivity index (χ2v) is 9.92. The summed E-state index contributed by atoms with van der Waals surface area (Å²) in [6.45, 7) is 6.55. The lowest BCUT2D eigenvalue weighted by molar-refractivity contribution is -0.138. The number of nitrogens with one attached hydrogen (secondary N) is 2. The molecule has 3 fully saturated rings. The topological polar surface area (TPSA) is 69.2 Å². The molecule has 0 bridgehead atoms. The normalized spacial score (nSPS) is 23.6. The van der Waals surface area contributed by atoms with Crippen molar-refractivity contribution in [1.82, 2.24) is 20.4 Å². The Bertz CT molecular complexity index is 581. The van der Waals surface area contributed by atoms with Gasteiger partial charge in [-0.1, -0.05) is 32.1 Å². The van der Waals surface area contributed by atoms with E-state index in [1.165, 1.54) is 32.1 Å². The fourth-order valence-corrected chi connectivity index (χ4v) is 5.66. The van der Waals surface area contributed by atoms with Crippen LogP contribution in [0.25, 0.3) is 0 Å². The predicted molar refractivity (Wildman–Crippen MR) is 137 cm³/mol. The van der Waals surface area contributed by atoms with Crippen molar-refractivity contribution in [3.05, 3.63) is 0 Å². The minimum Gasteiger partial charge on any atom is -0.379 e. The molecule has 0 spiro atoms. The standard InChI is InChI=1S/C23H43N5O2.HI/c1-24-21(26-18-23(11-7-8-12-23)20(29)27(2)3)25-17-22(9-5-4-6-10-22)19-28-13-15-30-16-14-28;/h4-19H2,1-3H3,(H2,24,25,26);1H. The molecule has 1 saturated heterocycles. The van der Waals surface area contributed by atoms with Gasteiger partial charge >= 0.3 is 0 Å². The maximum atomic E-state index is 12.9. The second kappa shape index (κ2) is 12.6. The van der Waals surface area contributed by atoms with E-state index in [1.807, 2.05) is 21.1 Å². The molecule has 0 aromatic rings. The number of rotatable bonds is 7. The van der Waals surface area contributed by atoms with Gasteiger partial charge in [0.1, 0.15) is 0 Å². The lowest BCUT2D eigenvalue weighted by atomic mass is 9.73. The highest BCUT2D eigenvalue weighted by atomic mass is 127. The first-order valence-electron chi connectivity index (χ1n) is 12.0. The average Bonchev–Trinajstić information content (AvgIpc) is 3.24. The van der Waals surface area contributed by atoms with E-state index in [4.69, 9.17) is 4.74 Å². The predicted octanol–water partition coefficient (Wildman–Crippen LogP) is 2.70. The molecule has 31 heavy (non-hydrogen) atoms. The number of morpholine rings is 1. The van der Waals surface area contributed by atoms with Crippen LogP contribution in [0.5, 0.6) is 0 Å². The molecular formula is C23H44IN5O2. The van der Waals surface area contributed by atoms with Gasteiger partial charge in [-0.15, -0.1) is 24.0 Å². The number of amides is 1. The smallest absolute Gasteiger partial charge is 0.230 e. The quantitative estimate of drug-likeness (QED) is 0.291. The summed E-state index contributed by atoms with van der Waals surface area (Å²) in [4.78, 5) is 21.7. The number of carbonyl (C=O) groups excluding carboxylic acids is 1. The largest absolute Gasteiger partial charge is 0.379 e. The summed E-state index contributed by atoms with van der Waals surface area (Å²) in [6.07, 6.45) is 10.7. The zero-order valence-corrected chi connectivity index (χ0v) is 22.2. The molecule has 0 unspecified atom stereocenters. The molecule has 0 aromatic carbocycles. The third-order valence-corrected chi connectivity index (χ3v) is 7.45. The van der Waals surface area contributed by atoms with E-state index in [-0.39, 0.29) is 35.3 Å². The van der Waals surface area contributed by atoms with E-state index in [0.717, 1.165) is 71.0 Å². The van der Waals surface area contributed by atoms with E-state index in [1.54, 1.807) is 4.90 Å². The molecule has 3 rings (SSSR count). The zero-order valence-electron chi connectivity index (χ0n) is 19.9. The van der Waals surface area contributed by atoms with Crippen LogP contribution in [0.15, 0.2) is 4.99 Å². The van der Waals surface area contributed by atoms with Crippen molar-refractivity contribution in [2.45, 2.75) is 57.8 Å². The van der Waals surface area contributed by atoms with Gasteiger partial charge in [-0.25, -0.2) is 0 Å². The van der Waals surface area contributed by atoms with Gasteiger partial charge in [0.2, 0.25) is 5.91 Å². The highest BCUT2D eigenvalue weighted by Crippen LogP contribution is 2.39. The maximum Gasteiger partial charge on any atom is 0.230 e. The molecule has 2 aliphatic carbocycles. The number of ether oxygens (including phenoxy) is 1. The number of nitrogens with zero attached hydrogens (tertiary/aromatic N) is 3. The molecule has 2 N–H and O–H groups in total. The van der Waals surface area contributed by atoms with Crippen LogP contribution in [0.3, 0.4) is 0 Å². The van der Waals surface area contributed by atoms with Crippen molar-refractivity contribution in [1.29, 1.82) is 0 Å². The Morgan fingerprint density at radius 3 is 2.13 bits per heavy atom. The highest BCUT2D eigenvalue weighted by Gasteiger charge is 2.42. The monoisotopic (exact) mass is 549 g/mol. The molecule has 0 radical (unpaired) electrons. The molecule has 180 valence electrons. The Hall–Kier alpha value is -0.610. The van der Waals surface area contributed by atoms with Gasteiger partial charge in [-0.2, -0.15) is 0 Å². The van der Waals surface area contributed by atoms with E-state index in [9.17, 15) is 4.79 Å². The minimum atomic E-state index is -0.280. The second-order valence-electron chi connectivity index (χ2n) is 9.92. The molecule has 0 aromatic heterocycles. The molecule has 7 nitrogen and oxygen atoms in total. The Labute approximate surface area is 206 Å². The molecule has 3 aliphatic rings. The lowest BCUT2D eigenvalue weighted by Crippen LogP contribution is -2.53. The van der Waals surface area contributed by atoms with Crippen LogP contribution >= 0.6 is 24.0 Å². The van der Waals surface area contributed by atoms with Crippen molar-refractivity contribution < 1.29 is 9.53 Å². The van der Waals surface area contributed by atoms with Gasteiger partial charge in [-0.05, 0) is 25.7 Å². The summed E-state index contributed by atoms with van der Waals surface area (Å²) >= 11 is 0. The third-order valence-electron chi connectivity index (χ3n) is 7.45. The minimum absolute atomic E-state index is 0. The Kier molecular flexibility index (Phi) is 10.8. The fraction of sp³-hybridized carbons (Fsp3) is 0.913. The summed E-state index contributed by atoms with van der Waals surface area (Å²) in [6, 6.07) is 0. The van der Waals surface area contributed by atoms with Crippen LogP contribution in [0.2, 0.25) is 0 Å². The van der Waals surface area contributed by atoms with E-state index in [0.29, 0.717) is 12.0 Å². The van der Waals surface area contributed by atoms with E-state index >= 15 is 0 Å². The van der Waals surface area contributed by atoms with Gasteiger partial charge in [-0.3, -0.25) is 14.7 Å². The van der Waals surface area contributed by atoms with Gasteiger partial charge in [0.25, 0.3) is 0 Å². The summed E-state index contributed by atoms with van der Waals surface area (Å²) < 4.78 is 5.55. The molecule has 2 saturated carbocycles. The summed E-state index contributed by atoms with van der Waals surface area (Å²) in [7, 11) is 5.57. The molecule has 0 atom stereocenters. The first-order valence-corrected chi connectivity index (χ1v) is 12.0. The van der Waals surface area contributed by atoms with Crippen molar-refractivity contribution in [2.24, 2.45) is 15.8 Å². The molecule has 1 heterocycles. The fourth-order valence-electron chi connectivity index (χ4n) is 5.66. The SMILES string of the molecule is CN=C(NCC1(CN2CCOCC2)CCCCC1)NCC1(C(=O)N(C)C)CCCC1.I. The number of carbonyl (C=O) groups is 1. The van der Waals surface area contributed by atoms with Gasteiger partial charge in [0, 0.05) is 59.3 Å². The number of guanidine groups is 1. The van der Waals surface area contributed by atoms with E-state index < -0.39 is 0 Å². The van der Waals surface area contributed by atoms with Crippen LogP contribution < -0.4 is 10.6 Å². The maximum absolute atomic E-state index is 12.9. The van der Waals surface area contributed by atoms with Crippen molar-refractivity contribution in [3.63, 3.8) is 0 Å². The molecular weight excluding hydrogens is 505 g/mol. The summed E-state index contributed by atoms with van der Waals surface area (Å²) in [5.74, 6) is 1.08. The third kappa shape index (κ3) is 7.19. The van der Waals surface area contributed by atoms with E-state index in [2.05, 4.69) is 20.5 Å². The highest BCUT2D eigenvalue weighted by molar-refractivity contribution is 14.0. The lowest BCUT2D eigenvalue weighted by Gasteiger charge is -2.42. The Morgan fingerprint density at radius 2 is 1.55 bits per heavy atom. The number of hydrogen-bond donors (Lipinski definition) is 2. The van der Waals surface area contributed by atoms with Crippen molar-refractivity contribution >= 4 is 35.8 Å². The van der Waals surface area contributed by atoms with Gasteiger partial charge < -0.3 is 20.3 Å². The van der Waals surface area contributed by atoms with Gasteiger partial charge in [0.15, 0.2) is 5.96 Å². The van der Waals surface area contributed by atoms with Crippen LogP contribution in [-0.2, 0) is 9.53 Å². The number of hydrogen-bond acceptors (Lipinski definition) is 4. The zero-order chi connectivity index (χ0) is 21.5. The van der Waals surface area contributed by atoms with Crippen LogP contribution in [0.1, 0.15) is 57.8 Å². The number of halogens is 1. The summed E-state index contributed by atoms with van der Waals surface area (Å²) in [5, 5.41) is 7.14. The molecule has 1 aliphatic heterocycles. The van der Waals surface area contributed by atoms with Crippen molar-refractivity contribution in [3.8, 4) is 0 Å². The van der Waals surface area contributed by atoms with Crippen LogP contribution in [0, 0.1) is 10.8 Å². The average molecular weight is 550 g/mol. The Balaban J connectivity index is 0.00000341. The van der Waals surface area contributed by atoms with Crippen LogP contribution in [-0.4, -0.2) is 88.7 Å². The molecule has 1 amide bonds. The van der Waals surface area contributed by atoms with Crippen LogP contribution in [0.4, 0.5) is 0 Å². The first kappa shape index (κ1) is 26.6. The van der Waals surface area contributed by atoms with Crippen molar-refractivity contribution in [2.75, 3.05) is 67.1 Å². The van der Waals surface area contributed by atoms with Gasteiger partial charge in [0.05, 0.1) is 18.6 Å². The Morgan fingerprint density at radius 1 is 0.968 bits per heavy atom. The summed E-state index contributed by atoms with van der Waals surface area (Å²) in [5.41, 5.74) is 0.0230.